The largest absolute Gasteiger partial charge is 0.369 e. The molecule has 0 aliphatic heterocycles. The maximum Gasteiger partial charge on any atom is 0.206 e. The quantitative estimate of drug-likeness (QED) is 0.424. The van der Waals surface area contributed by atoms with E-state index in [1.807, 2.05) is 0 Å². The van der Waals surface area contributed by atoms with E-state index in [1.54, 1.807) is 25.1 Å². The van der Waals surface area contributed by atoms with Crippen molar-refractivity contribution in [1.29, 1.82) is 5.41 Å². The van der Waals surface area contributed by atoms with Gasteiger partial charge in [-0.3, -0.25) is 5.41 Å². The van der Waals surface area contributed by atoms with Gasteiger partial charge in [-0.05, 0) is 24.6 Å². The van der Waals surface area contributed by atoms with Crippen LogP contribution in [-0.4, -0.2) is 11.7 Å². The zero-order chi connectivity index (χ0) is 11.4. The highest BCUT2D eigenvalue weighted by atomic mass is 35.5. The Bertz CT molecular complexity index is 415. The van der Waals surface area contributed by atoms with Crippen LogP contribution < -0.4 is 11.2 Å². The minimum Gasteiger partial charge on any atom is -0.369 e. The van der Waals surface area contributed by atoms with Gasteiger partial charge in [0.05, 0.1) is 15.8 Å². The molecule has 0 amide bonds. The second-order valence-electron chi connectivity index (χ2n) is 2.85. The van der Waals surface area contributed by atoms with E-state index >= 15 is 0 Å². The van der Waals surface area contributed by atoms with Gasteiger partial charge in [-0.15, -0.1) is 0 Å². The van der Waals surface area contributed by atoms with Crippen LogP contribution in [0, 0.1) is 5.41 Å². The Balaban J connectivity index is 2.91. The Morgan fingerprint density at radius 1 is 1.40 bits per heavy atom. The third kappa shape index (κ3) is 3.42. The molecule has 80 valence electrons. The minimum absolute atomic E-state index is 0.214. The lowest BCUT2D eigenvalue weighted by molar-refractivity contribution is 0.992. The monoisotopic (exact) mass is 244 g/mol. The first-order chi connectivity index (χ1) is 7.00. The Hall–Kier alpha value is -1.26. The molecule has 15 heavy (non-hydrogen) atoms. The molecule has 0 saturated heterocycles. The van der Waals surface area contributed by atoms with Gasteiger partial charge in [0, 0.05) is 0 Å². The molecule has 1 aromatic carbocycles. The van der Waals surface area contributed by atoms with E-state index in [-0.39, 0.29) is 5.96 Å². The molecule has 0 radical (unpaired) electrons. The van der Waals surface area contributed by atoms with Crippen LogP contribution in [0.25, 0.3) is 0 Å². The molecule has 0 bridgehead atoms. The molecule has 0 aliphatic carbocycles. The summed E-state index contributed by atoms with van der Waals surface area (Å²) >= 11 is 11.6. The van der Waals surface area contributed by atoms with Crippen LogP contribution in [0.5, 0.6) is 0 Å². The van der Waals surface area contributed by atoms with Crippen LogP contribution in [0.3, 0.4) is 0 Å². The summed E-state index contributed by atoms with van der Waals surface area (Å²) in [4.78, 5) is 0. The zero-order valence-electron chi connectivity index (χ0n) is 8.01. The molecule has 6 heteroatoms. The summed E-state index contributed by atoms with van der Waals surface area (Å²) in [6, 6.07) is 5.17. The van der Waals surface area contributed by atoms with Crippen molar-refractivity contribution in [3.8, 4) is 0 Å². The van der Waals surface area contributed by atoms with Gasteiger partial charge in [-0.1, -0.05) is 29.3 Å². The SMILES string of the molecule is CC(=NNC(=N)N)c1ccc(Cl)c(Cl)c1. The molecule has 0 fully saturated rings. The van der Waals surface area contributed by atoms with Crippen molar-refractivity contribution >= 4 is 34.9 Å². The lowest BCUT2D eigenvalue weighted by Gasteiger charge is -2.03. The maximum absolute atomic E-state index is 6.94. The lowest BCUT2D eigenvalue weighted by Crippen LogP contribution is -2.26. The Morgan fingerprint density at radius 2 is 2.07 bits per heavy atom. The van der Waals surface area contributed by atoms with Crippen molar-refractivity contribution in [1.82, 2.24) is 5.43 Å². The van der Waals surface area contributed by atoms with Gasteiger partial charge in [-0.2, -0.15) is 5.10 Å². The number of halogens is 2. The molecular formula is C9H10Cl2N4. The highest BCUT2D eigenvalue weighted by Crippen LogP contribution is 2.22. The summed E-state index contributed by atoms with van der Waals surface area (Å²) in [5.41, 5.74) is 8.93. The van der Waals surface area contributed by atoms with Crippen molar-refractivity contribution in [2.45, 2.75) is 6.92 Å². The highest BCUT2D eigenvalue weighted by Gasteiger charge is 2.02. The number of guanidine groups is 1. The van der Waals surface area contributed by atoms with Gasteiger partial charge in [0.25, 0.3) is 0 Å². The minimum atomic E-state index is -0.214. The van der Waals surface area contributed by atoms with E-state index in [1.165, 1.54) is 0 Å². The van der Waals surface area contributed by atoms with Crippen LogP contribution in [0.2, 0.25) is 10.0 Å². The highest BCUT2D eigenvalue weighted by molar-refractivity contribution is 6.42. The summed E-state index contributed by atoms with van der Waals surface area (Å²) in [6.07, 6.45) is 0. The molecule has 0 saturated carbocycles. The second kappa shape index (κ2) is 5.00. The predicted octanol–water partition coefficient (Wildman–Crippen LogP) is 2.20. The molecule has 0 spiro atoms. The fraction of sp³-hybridized carbons (Fsp3) is 0.111. The molecular weight excluding hydrogens is 235 g/mol. The van der Waals surface area contributed by atoms with Gasteiger partial charge in [-0.25, -0.2) is 5.43 Å². The summed E-state index contributed by atoms with van der Waals surface area (Å²) < 4.78 is 0. The Kier molecular flexibility index (Phi) is 3.94. The summed E-state index contributed by atoms with van der Waals surface area (Å²) in [6.45, 7) is 1.77. The number of hydrogen-bond donors (Lipinski definition) is 3. The third-order valence-corrected chi connectivity index (χ3v) is 2.42. The van der Waals surface area contributed by atoms with E-state index in [9.17, 15) is 0 Å². The maximum atomic E-state index is 6.94. The molecule has 0 aromatic heterocycles. The van der Waals surface area contributed by atoms with Crippen molar-refractivity contribution in [3.05, 3.63) is 33.8 Å². The lowest BCUT2D eigenvalue weighted by atomic mass is 10.1. The first-order valence-electron chi connectivity index (χ1n) is 4.10. The van der Waals surface area contributed by atoms with E-state index < -0.39 is 0 Å². The van der Waals surface area contributed by atoms with Crippen molar-refractivity contribution in [2.24, 2.45) is 10.8 Å². The van der Waals surface area contributed by atoms with E-state index in [0.29, 0.717) is 15.8 Å². The topological polar surface area (TPSA) is 74.3 Å². The van der Waals surface area contributed by atoms with Gasteiger partial charge >= 0.3 is 0 Å². The normalized spacial score (nSPS) is 11.3. The summed E-state index contributed by atoms with van der Waals surface area (Å²) in [7, 11) is 0. The Labute approximate surface area is 97.6 Å². The molecule has 4 N–H and O–H groups in total. The van der Waals surface area contributed by atoms with Crippen molar-refractivity contribution < 1.29 is 0 Å². The summed E-state index contributed by atoms with van der Waals surface area (Å²) in [5.74, 6) is -0.214. The number of nitrogens with two attached hydrogens (primary N) is 1. The predicted molar refractivity (Wildman–Crippen MR) is 63.7 cm³/mol. The fourth-order valence-corrected chi connectivity index (χ4v) is 1.23. The molecule has 4 nitrogen and oxygen atoms in total. The van der Waals surface area contributed by atoms with Crippen molar-refractivity contribution in [2.75, 3.05) is 0 Å². The van der Waals surface area contributed by atoms with Gasteiger partial charge in [0.15, 0.2) is 0 Å². The van der Waals surface area contributed by atoms with Crippen molar-refractivity contribution in [3.63, 3.8) is 0 Å². The number of rotatable bonds is 2. The number of benzene rings is 1. The fourth-order valence-electron chi connectivity index (χ4n) is 0.930. The number of nitrogens with zero attached hydrogens (tertiary/aromatic N) is 1. The first-order valence-corrected chi connectivity index (χ1v) is 4.86. The van der Waals surface area contributed by atoms with Crippen LogP contribution in [0.4, 0.5) is 0 Å². The molecule has 1 rings (SSSR count). The average Bonchev–Trinajstić information content (AvgIpc) is 2.18. The Morgan fingerprint density at radius 3 is 2.60 bits per heavy atom. The van der Waals surface area contributed by atoms with Gasteiger partial charge < -0.3 is 5.73 Å². The zero-order valence-corrected chi connectivity index (χ0v) is 9.52. The standard InChI is InChI=1S/C9H10Cl2N4/c1-5(14-15-9(12)13)6-2-3-7(10)8(11)4-6/h2-4H,1H3,(H4,12,13,15). The average molecular weight is 245 g/mol. The second-order valence-corrected chi connectivity index (χ2v) is 3.67. The van der Waals surface area contributed by atoms with E-state index in [0.717, 1.165) is 5.56 Å². The summed E-state index contributed by atoms with van der Waals surface area (Å²) in [5, 5.41) is 11.8. The van der Waals surface area contributed by atoms with Gasteiger partial charge in [0.2, 0.25) is 5.96 Å². The van der Waals surface area contributed by atoms with Crippen LogP contribution in [-0.2, 0) is 0 Å². The number of hydrazone groups is 1. The molecule has 0 atom stereocenters. The van der Waals surface area contributed by atoms with Crippen LogP contribution in [0.15, 0.2) is 23.3 Å². The third-order valence-electron chi connectivity index (χ3n) is 1.68. The van der Waals surface area contributed by atoms with Gasteiger partial charge in [0.1, 0.15) is 0 Å². The van der Waals surface area contributed by atoms with Crippen LogP contribution in [0.1, 0.15) is 12.5 Å². The smallest absolute Gasteiger partial charge is 0.206 e. The molecule has 0 heterocycles. The van der Waals surface area contributed by atoms with E-state index in [2.05, 4.69) is 10.5 Å². The number of nitrogens with one attached hydrogen (secondary N) is 2. The number of hydrogen-bond acceptors (Lipinski definition) is 2. The molecule has 1 aromatic rings. The molecule has 0 aliphatic rings. The first kappa shape index (κ1) is 11.8. The molecule has 0 unspecified atom stereocenters. The van der Waals surface area contributed by atoms with Crippen LogP contribution >= 0.6 is 23.2 Å². The van der Waals surface area contributed by atoms with E-state index in [4.69, 9.17) is 34.3 Å².